The van der Waals surface area contributed by atoms with E-state index in [2.05, 4.69) is 20.6 Å². The third kappa shape index (κ3) is 3.06. The maximum Gasteiger partial charge on any atom is 0.271 e. The number of nitrogens with one attached hydrogen (secondary N) is 2. The molecule has 0 saturated heterocycles. The van der Waals surface area contributed by atoms with Gasteiger partial charge in [0.05, 0.1) is 6.20 Å². The van der Waals surface area contributed by atoms with E-state index in [4.69, 9.17) is 11.6 Å². The zero-order valence-electron chi connectivity index (χ0n) is 8.84. The lowest BCUT2D eigenvalue weighted by molar-refractivity contribution is 0.0958. The number of carbonyl (C=O) groups excluding carboxylic acids is 1. The highest BCUT2D eigenvalue weighted by Gasteiger charge is 2.10. The lowest BCUT2D eigenvalue weighted by atomic mass is 10.4. The molecule has 6 heteroatoms. The molecule has 0 radical (unpaired) electrons. The summed E-state index contributed by atoms with van der Waals surface area (Å²) in [6, 6.07) is 0.211. The van der Waals surface area contributed by atoms with E-state index in [1.807, 2.05) is 13.8 Å². The van der Waals surface area contributed by atoms with Crippen LogP contribution in [0.1, 0.15) is 24.3 Å². The largest absolute Gasteiger partial charge is 0.365 e. The van der Waals surface area contributed by atoms with Crippen LogP contribution in [0.15, 0.2) is 6.20 Å². The number of halogens is 1. The summed E-state index contributed by atoms with van der Waals surface area (Å²) in [6.45, 7) is 3.93. The van der Waals surface area contributed by atoms with Crippen LogP contribution in [0.2, 0.25) is 5.15 Å². The second-order valence-corrected chi connectivity index (χ2v) is 3.63. The Morgan fingerprint density at radius 2 is 2.20 bits per heavy atom. The smallest absolute Gasteiger partial charge is 0.271 e. The zero-order valence-corrected chi connectivity index (χ0v) is 9.59. The van der Waals surface area contributed by atoms with Gasteiger partial charge in [-0.3, -0.25) is 4.79 Å². The molecule has 0 aliphatic heterocycles. The van der Waals surface area contributed by atoms with Crippen LogP contribution in [0.5, 0.6) is 0 Å². The van der Waals surface area contributed by atoms with Crippen molar-refractivity contribution in [3.63, 3.8) is 0 Å². The molecule has 0 aromatic carbocycles. The first-order valence-corrected chi connectivity index (χ1v) is 4.93. The van der Waals surface area contributed by atoms with Gasteiger partial charge >= 0.3 is 0 Å². The van der Waals surface area contributed by atoms with Gasteiger partial charge in [0.2, 0.25) is 0 Å². The molecular formula is C9H13ClN4O. The molecule has 1 aromatic heterocycles. The van der Waals surface area contributed by atoms with Gasteiger partial charge in [-0.05, 0) is 13.8 Å². The van der Waals surface area contributed by atoms with Gasteiger partial charge in [-0.25, -0.2) is 9.97 Å². The van der Waals surface area contributed by atoms with Crippen molar-refractivity contribution in [3.8, 4) is 0 Å². The van der Waals surface area contributed by atoms with Crippen LogP contribution in [0, 0.1) is 0 Å². The summed E-state index contributed by atoms with van der Waals surface area (Å²) >= 11 is 5.86. The average Bonchev–Trinajstić information content (AvgIpc) is 2.19. The second-order valence-electron chi connectivity index (χ2n) is 3.27. The minimum absolute atomic E-state index is 0.199. The molecule has 0 fully saturated rings. The highest BCUT2D eigenvalue weighted by atomic mass is 35.5. The summed E-state index contributed by atoms with van der Waals surface area (Å²) < 4.78 is 0. The van der Waals surface area contributed by atoms with Crippen LogP contribution in [-0.4, -0.2) is 29.0 Å². The summed E-state index contributed by atoms with van der Waals surface area (Å²) in [7, 11) is 1.53. The summed E-state index contributed by atoms with van der Waals surface area (Å²) in [4.78, 5) is 19.2. The van der Waals surface area contributed by atoms with Gasteiger partial charge in [-0.2, -0.15) is 0 Å². The lowest BCUT2D eigenvalue weighted by Gasteiger charge is -2.10. The maximum atomic E-state index is 11.2. The van der Waals surface area contributed by atoms with Crippen molar-refractivity contribution >= 4 is 23.3 Å². The van der Waals surface area contributed by atoms with Crippen molar-refractivity contribution in [2.45, 2.75) is 19.9 Å². The molecule has 0 unspecified atom stereocenters. The number of hydrogen-bond donors (Lipinski definition) is 2. The summed E-state index contributed by atoms with van der Waals surface area (Å²) in [5, 5.41) is 5.67. The van der Waals surface area contributed by atoms with E-state index in [-0.39, 0.29) is 22.8 Å². The molecule has 82 valence electrons. The molecule has 0 saturated carbocycles. The van der Waals surface area contributed by atoms with E-state index in [9.17, 15) is 4.79 Å². The van der Waals surface area contributed by atoms with Gasteiger partial charge in [-0.15, -0.1) is 0 Å². The molecule has 1 aromatic rings. The van der Waals surface area contributed by atoms with Crippen molar-refractivity contribution in [1.82, 2.24) is 15.3 Å². The fourth-order valence-electron chi connectivity index (χ4n) is 0.974. The molecule has 0 aliphatic carbocycles. The number of hydrogen-bond acceptors (Lipinski definition) is 4. The number of rotatable bonds is 3. The molecule has 15 heavy (non-hydrogen) atoms. The minimum atomic E-state index is -0.305. The second kappa shape index (κ2) is 4.93. The Morgan fingerprint density at radius 3 is 2.67 bits per heavy atom. The third-order valence-corrected chi connectivity index (χ3v) is 1.88. The minimum Gasteiger partial charge on any atom is -0.365 e. The highest BCUT2D eigenvalue weighted by Crippen LogP contribution is 2.16. The Labute approximate surface area is 93.3 Å². The van der Waals surface area contributed by atoms with Crippen LogP contribution < -0.4 is 10.6 Å². The van der Waals surface area contributed by atoms with Crippen molar-refractivity contribution in [2.75, 3.05) is 12.4 Å². The predicted octanol–water partition coefficient (Wildman–Crippen LogP) is 1.31. The molecule has 1 rings (SSSR count). The Morgan fingerprint density at radius 1 is 1.53 bits per heavy atom. The maximum absolute atomic E-state index is 11.2. The van der Waals surface area contributed by atoms with Crippen LogP contribution in [0.4, 0.5) is 5.82 Å². The van der Waals surface area contributed by atoms with Crippen molar-refractivity contribution in [2.24, 2.45) is 0 Å². The van der Waals surface area contributed by atoms with Crippen LogP contribution in [-0.2, 0) is 0 Å². The summed E-state index contributed by atoms with van der Waals surface area (Å²) in [5.41, 5.74) is 0.205. The topological polar surface area (TPSA) is 66.9 Å². The molecule has 0 bridgehead atoms. The van der Waals surface area contributed by atoms with Gasteiger partial charge in [-0.1, -0.05) is 11.6 Å². The van der Waals surface area contributed by atoms with E-state index in [0.29, 0.717) is 5.82 Å². The monoisotopic (exact) mass is 228 g/mol. The third-order valence-electron chi connectivity index (χ3n) is 1.62. The standard InChI is InChI=1S/C9H13ClN4O/c1-5(2)13-8-7(10)14-6(4-12-8)9(15)11-3/h4-5H,1-3H3,(H,11,15)(H,12,13). The first-order valence-electron chi connectivity index (χ1n) is 4.55. The number of carbonyl (C=O) groups is 1. The molecule has 0 atom stereocenters. The number of anilines is 1. The van der Waals surface area contributed by atoms with Crippen molar-refractivity contribution < 1.29 is 4.79 Å². The Bertz CT molecular complexity index is 367. The predicted molar refractivity (Wildman–Crippen MR) is 59.2 cm³/mol. The Kier molecular flexibility index (Phi) is 3.85. The lowest BCUT2D eigenvalue weighted by Crippen LogP contribution is -2.20. The first kappa shape index (κ1) is 11.7. The van der Waals surface area contributed by atoms with E-state index in [1.54, 1.807) is 0 Å². The summed E-state index contributed by atoms with van der Waals surface area (Å²) in [6.07, 6.45) is 1.38. The zero-order chi connectivity index (χ0) is 11.4. The molecule has 1 amide bonds. The Balaban J connectivity index is 2.93. The van der Waals surface area contributed by atoms with E-state index < -0.39 is 0 Å². The van der Waals surface area contributed by atoms with Crippen LogP contribution >= 0.6 is 11.6 Å². The normalized spacial score (nSPS) is 10.2. The van der Waals surface area contributed by atoms with E-state index in [0.717, 1.165) is 0 Å². The van der Waals surface area contributed by atoms with Crippen molar-refractivity contribution in [1.29, 1.82) is 0 Å². The molecule has 1 heterocycles. The van der Waals surface area contributed by atoms with E-state index >= 15 is 0 Å². The molecule has 2 N–H and O–H groups in total. The fourth-order valence-corrected chi connectivity index (χ4v) is 1.17. The number of aromatic nitrogens is 2. The number of nitrogens with zero attached hydrogens (tertiary/aromatic N) is 2. The van der Waals surface area contributed by atoms with Crippen molar-refractivity contribution in [3.05, 3.63) is 17.0 Å². The van der Waals surface area contributed by atoms with E-state index in [1.165, 1.54) is 13.2 Å². The molecule has 0 aliphatic rings. The molecule has 5 nitrogen and oxygen atoms in total. The fraction of sp³-hybridized carbons (Fsp3) is 0.444. The van der Waals surface area contributed by atoms with Crippen LogP contribution in [0.3, 0.4) is 0 Å². The van der Waals surface area contributed by atoms with Gasteiger partial charge in [0, 0.05) is 13.1 Å². The highest BCUT2D eigenvalue weighted by molar-refractivity contribution is 6.31. The average molecular weight is 229 g/mol. The Hall–Kier alpha value is -1.36. The quantitative estimate of drug-likeness (QED) is 0.819. The van der Waals surface area contributed by atoms with Gasteiger partial charge in [0.15, 0.2) is 11.0 Å². The van der Waals surface area contributed by atoms with Gasteiger partial charge < -0.3 is 10.6 Å². The molecular weight excluding hydrogens is 216 g/mol. The first-order chi connectivity index (χ1) is 7.04. The SMILES string of the molecule is CNC(=O)c1cnc(NC(C)C)c(Cl)n1. The number of amides is 1. The molecule has 0 spiro atoms. The van der Waals surface area contributed by atoms with Crippen LogP contribution in [0.25, 0.3) is 0 Å². The van der Waals surface area contributed by atoms with Gasteiger partial charge in [0.1, 0.15) is 5.69 Å². The summed E-state index contributed by atoms with van der Waals surface area (Å²) in [5.74, 6) is 0.180. The van der Waals surface area contributed by atoms with Gasteiger partial charge in [0.25, 0.3) is 5.91 Å².